The van der Waals surface area contributed by atoms with Crippen molar-refractivity contribution in [2.75, 3.05) is 0 Å². The molecule has 0 fully saturated rings. The standard InChI is InChI=1S/C16H15NO3/c1-10-5-4-6-13(7-10)16(19)20-17-14-8-12(3)15(18)9-11(14)2/h4-9H,1-3H3. The van der Waals surface area contributed by atoms with Crippen LogP contribution in [0.1, 0.15) is 29.8 Å². The molecule has 20 heavy (non-hydrogen) atoms. The van der Waals surface area contributed by atoms with E-state index in [4.69, 9.17) is 4.84 Å². The Balaban J connectivity index is 2.15. The summed E-state index contributed by atoms with van der Waals surface area (Å²) < 4.78 is 0. The quantitative estimate of drug-likeness (QED) is 0.471. The predicted octanol–water partition coefficient (Wildman–Crippen LogP) is 2.98. The van der Waals surface area contributed by atoms with E-state index in [9.17, 15) is 9.59 Å². The maximum absolute atomic E-state index is 11.9. The highest BCUT2D eigenvalue weighted by atomic mass is 16.7. The third-order valence-electron chi connectivity index (χ3n) is 2.97. The van der Waals surface area contributed by atoms with Crippen molar-refractivity contribution < 1.29 is 14.4 Å². The number of benzene rings is 1. The van der Waals surface area contributed by atoms with E-state index in [0.29, 0.717) is 22.4 Å². The van der Waals surface area contributed by atoms with E-state index >= 15 is 0 Å². The van der Waals surface area contributed by atoms with Crippen LogP contribution in [0.25, 0.3) is 0 Å². The van der Waals surface area contributed by atoms with Crippen LogP contribution in [0, 0.1) is 6.92 Å². The highest BCUT2D eigenvalue weighted by molar-refractivity contribution is 6.21. The summed E-state index contributed by atoms with van der Waals surface area (Å²) in [7, 11) is 0. The van der Waals surface area contributed by atoms with Crippen LogP contribution in [0.5, 0.6) is 0 Å². The van der Waals surface area contributed by atoms with Crippen molar-refractivity contribution in [3.8, 4) is 0 Å². The third-order valence-corrected chi connectivity index (χ3v) is 2.97. The zero-order valence-electron chi connectivity index (χ0n) is 11.6. The number of carbonyl (C=O) groups is 2. The maximum Gasteiger partial charge on any atom is 0.365 e. The van der Waals surface area contributed by atoms with Crippen molar-refractivity contribution in [2.45, 2.75) is 20.8 Å². The number of carbonyl (C=O) groups excluding carboxylic acids is 2. The molecule has 0 saturated heterocycles. The smallest absolute Gasteiger partial charge is 0.312 e. The molecule has 0 N–H and O–H groups in total. The lowest BCUT2D eigenvalue weighted by molar-refractivity contribution is -0.111. The van der Waals surface area contributed by atoms with Gasteiger partial charge in [0.05, 0.1) is 5.56 Å². The van der Waals surface area contributed by atoms with Crippen LogP contribution in [0.15, 0.2) is 52.7 Å². The van der Waals surface area contributed by atoms with Crippen molar-refractivity contribution >= 4 is 17.5 Å². The number of ketones is 1. The molecule has 2 rings (SSSR count). The fourth-order valence-corrected chi connectivity index (χ4v) is 1.79. The zero-order chi connectivity index (χ0) is 14.7. The van der Waals surface area contributed by atoms with Crippen molar-refractivity contribution in [2.24, 2.45) is 5.16 Å². The van der Waals surface area contributed by atoms with Crippen molar-refractivity contribution in [3.63, 3.8) is 0 Å². The van der Waals surface area contributed by atoms with Crippen LogP contribution < -0.4 is 0 Å². The Kier molecular flexibility index (Phi) is 3.94. The Labute approximate surface area is 117 Å². The zero-order valence-corrected chi connectivity index (χ0v) is 11.6. The first-order valence-electron chi connectivity index (χ1n) is 6.24. The summed E-state index contributed by atoms with van der Waals surface area (Å²) in [6.45, 7) is 5.34. The van der Waals surface area contributed by atoms with E-state index < -0.39 is 5.97 Å². The van der Waals surface area contributed by atoms with E-state index in [1.165, 1.54) is 6.08 Å². The van der Waals surface area contributed by atoms with Gasteiger partial charge in [-0.15, -0.1) is 0 Å². The van der Waals surface area contributed by atoms with Crippen LogP contribution in [0.3, 0.4) is 0 Å². The average molecular weight is 269 g/mol. The predicted molar refractivity (Wildman–Crippen MR) is 76.6 cm³/mol. The number of hydrogen-bond acceptors (Lipinski definition) is 4. The second kappa shape index (κ2) is 5.65. The molecule has 0 aromatic heterocycles. The molecule has 0 atom stereocenters. The molecule has 4 nitrogen and oxygen atoms in total. The molecule has 0 bridgehead atoms. The molecule has 1 aromatic rings. The van der Waals surface area contributed by atoms with Crippen LogP contribution >= 0.6 is 0 Å². The van der Waals surface area contributed by atoms with Crippen LogP contribution in [0.2, 0.25) is 0 Å². The lowest BCUT2D eigenvalue weighted by Gasteiger charge is -2.08. The molecule has 1 aromatic carbocycles. The number of allylic oxidation sites excluding steroid dienone is 4. The second-order valence-corrected chi connectivity index (χ2v) is 4.74. The van der Waals surface area contributed by atoms with Crippen LogP contribution in [-0.4, -0.2) is 17.5 Å². The fourth-order valence-electron chi connectivity index (χ4n) is 1.79. The molecule has 4 heteroatoms. The minimum atomic E-state index is -0.517. The largest absolute Gasteiger partial charge is 0.365 e. The van der Waals surface area contributed by atoms with Crippen molar-refractivity contribution in [3.05, 3.63) is 58.7 Å². The highest BCUT2D eigenvalue weighted by Crippen LogP contribution is 2.13. The minimum Gasteiger partial charge on any atom is -0.312 e. The van der Waals surface area contributed by atoms with Gasteiger partial charge in [-0.3, -0.25) is 4.79 Å². The Hall–Kier alpha value is -2.49. The molecule has 1 aliphatic carbocycles. The monoisotopic (exact) mass is 269 g/mol. The number of rotatable bonds is 2. The lowest BCUT2D eigenvalue weighted by Crippen LogP contribution is -2.11. The van der Waals surface area contributed by atoms with Crippen LogP contribution in [0.4, 0.5) is 0 Å². The van der Waals surface area contributed by atoms with Crippen molar-refractivity contribution in [1.29, 1.82) is 0 Å². The first-order chi connectivity index (χ1) is 9.47. The first kappa shape index (κ1) is 13.9. The summed E-state index contributed by atoms with van der Waals surface area (Å²) in [5.74, 6) is -0.566. The summed E-state index contributed by atoms with van der Waals surface area (Å²) >= 11 is 0. The first-order valence-corrected chi connectivity index (χ1v) is 6.24. The average Bonchev–Trinajstić information content (AvgIpc) is 2.41. The molecule has 0 heterocycles. The summed E-state index contributed by atoms with van der Waals surface area (Å²) in [5.41, 5.74) is 3.16. The van der Waals surface area contributed by atoms with Gasteiger partial charge in [-0.25, -0.2) is 4.79 Å². The summed E-state index contributed by atoms with van der Waals surface area (Å²) in [4.78, 5) is 28.2. The number of oxime groups is 1. The Morgan fingerprint density at radius 1 is 1.10 bits per heavy atom. The van der Waals surface area contributed by atoms with Crippen LogP contribution in [-0.2, 0) is 9.63 Å². The van der Waals surface area contributed by atoms with E-state index in [1.807, 2.05) is 13.0 Å². The summed E-state index contributed by atoms with van der Waals surface area (Å²) in [6.07, 6.45) is 3.09. The molecule has 0 amide bonds. The molecule has 0 saturated carbocycles. The Morgan fingerprint density at radius 2 is 1.85 bits per heavy atom. The van der Waals surface area contributed by atoms with E-state index in [0.717, 1.165) is 5.56 Å². The summed E-state index contributed by atoms with van der Waals surface area (Å²) in [5, 5.41) is 3.83. The molecular formula is C16H15NO3. The summed E-state index contributed by atoms with van der Waals surface area (Å²) in [6, 6.07) is 7.09. The van der Waals surface area contributed by atoms with Gasteiger partial charge in [-0.05, 0) is 56.2 Å². The van der Waals surface area contributed by atoms with E-state index in [2.05, 4.69) is 5.16 Å². The number of hydrogen-bond donors (Lipinski definition) is 0. The highest BCUT2D eigenvalue weighted by Gasteiger charge is 2.14. The molecular weight excluding hydrogens is 254 g/mol. The van der Waals surface area contributed by atoms with Crippen molar-refractivity contribution in [1.82, 2.24) is 0 Å². The van der Waals surface area contributed by atoms with Gasteiger partial charge in [-0.2, -0.15) is 0 Å². The second-order valence-electron chi connectivity index (χ2n) is 4.74. The van der Waals surface area contributed by atoms with Gasteiger partial charge in [0.1, 0.15) is 5.71 Å². The Bertz CT molecular complexity index is 666. The van der Waals surface area contributed by atoms with Gasteiger partial charge < -0.3 is 4.84 Å². The molecule has 0 unspecified atom stereocenters. The molecule has 0 spiro atoms. The van der Waals surface area contributed by atoms with Gasteiger partial charge in [0.2, 0.25) is 0 Å². The van der Waals surface area contributed by atoms with E-state index in [-0.39, 0.29) is 5.78 Å². The topological polar surface area (TPSA) is 55.7 Å². The molecule has 0 aliphatic heterocycles. The van der Waals surface area contributed by atoms with Gasteiger partial charge in [0.25, 0.3) is 0 Å². The number of nitrogens with zero attached hydrogens (tertiary/aromatic N) is 1. The third kappa shape index (κ3) is 3.09. The molecule has 1 aliphatic rings. The number of aryl methyl sites for hydroxylation is 1. The molecule has 102 valence electrons. The maximum atomic E-state index is 11.9. The molecule has 0 radical (unpaired) electrons. The lowest BCUT2D eigenvalue weighted by atomic mass is 9.99. The Morgan fingerprint density at radius 3 is 2.55 bits per heavy atom. The minimum absolute atomic E-state index is 0.0496. The van der Waals surface area contributed by atoms with Gasteiger partial charge >= 0.3 is 5.97 Å². The van der Waals surface area contributed by atoms with Gasteiger partial charge in [0.15, 0.2) is 5.78 Å². The van der Waals surface area contributed by atoms with Gasteiger partial charge in [0, 0.05) is 0 Å². The van der Waals surface area contributed by atoms with Gasteiger partial charge in [-0.1, -0.05) is 22.9 Å². The van der Waals surface area contributed by atoms with E-state index in [1.54, 1.807) is 38.1 Å². The SMILES string of the molecule is CC1=CC(=NOC(=O)c2cccc(C)c2)C(C)=CC1=O. The normalized spacial score (nSPS) is 16.8. The fraction of sp³-hybridized carbons (Fsp3) is 0.188.